The van der Waals surface area contributed by atoms with Gasteiger partial charge in [0.1, 0.15) is 0 Å². The zero-order valence-electron chi connectivity index (χ0n) is 15.5. The average Bonchev–Trinajstić information content (AvgIpc) is 2.60. The van der Waals surface area contributed by atoms with Gasteiger partial charge in [-0.3, -0.25) is 9.69 Å². The van der Waals surface area contributed by atoms with Gasteiger partial charge in [-0.15, -0.1) is 0 Å². The van der Waals surface area contributed by atoms with Crippen LogP contribution in [0.4, 0.5) is 13.2 Å². The summed E-state index contributed by atoms with van der Waals surface area (Å²) in [5, 5.41) is 0. The monoisotopic (exact) mass is 407 g/mol. The van der Waals surface area contributed by atoms with Gasteiger partial charge in [0.15, 0.2) is 0 Å². The highest BCUT2D eigenvalue weighted by Crippen LogP contribution is 2.31. The second-order valence-corrected chi connectivity index (χ2v) is 8.74. The minimum atomic E-state index is -4.60. The zero-order chi connectivity index (χ0) is 20.4. The van der Waals surface area contributed by atoms with E-state index in [2.05, 4.69) is 0 Å². The number of rotatable bonds is 5. The van der Waals surface area contributed by atoms with E-state index in [9.17, 15) is 26.4 Å². The highest BCUT2D eigenvalue weighted by Gasteiger charge is 2.34. The van der Waals surface area contributed by atoms with Crippen molar-refractivity contribution in [2.75, 3.05) is 39.8 Å². The highest BCUT2D eigenvalue weighted by atomic mass is 32.2. The Balaban J connectivity index is 2.04. The van der Waals surface area contributed by atoms with Gasteiger partial charge in [0, 0.05) is 39.3 Å². The Morgan fingerprint density at radius 3 is 2.30 bits per heavy atom. The number of carbonyl (C=O) groups is 1. The lowest BCUT2D eigenvalue weighted by atomic mass is 10.2. The van der Waals surface area contributed by atoms with E-state index >= 15 is 0 Å². The first-order chi connectivity index (χ1) is 12.4. The van der Waals surface area contributed by atoms with E-state index in [0.717, 1.165) is 22.5 Å². The number of halogens is 3. The van der Waals surface area contributed by atoms with Gasteiger partial charge < -0.3 is 4.90 Å². The molecule has 1 fully saturated rings. The fraction of sp³-hybridized carbons (Fsp3) is 0.588. The van der Waals surface area contributed by atoms with E-state index in [1.54, 1.807) is 11.9 Å². The molecule has 0 N–H and O–H groups in total. The molecule has 1 saturated heterocycles. The Morgan fingerprint density at radius 1 is 1.19 bits per heavy atom. The number of likely N-dealkylation sites (N-methyl/N-ethyl adjacent to an activating group) is 1. The molecule has 1 aromatic carbocycles. The number of hydrogen-bond acceptors (Lipinski definition) is 4. The van der Waals surface area contributed by atoms with Gasteiger partial charge in [0.05, 0.1) is 17.0 Å². The molecule has 0 spiro atoms. The first-order valence-electron chi connectivity index (χ1n) is 8.58. The quantitative estimate of drug-likeness (QED) is 0.748. The van der Waals surface area contributed by atoms with Gasteiger partial charge in [-0.1, -0.05) is 6.07 Å². The Bertz CT molecular complexity index is 773. The van der Waals surface area contributed by atoms with E-state index in [1.807, 2.05) is 18.7 Å². The number of carbonyl (C=O) groups excluding carboxylic acids is 1. The molecule has 27 heavy (non-hydrogen) atoms. The summed E-state index contributed by atoms with van der Waals surface area (Å²) in [6, 6.07) is 3.82. The van der Waals surface area contributed by atoms with Crippen LogP contribution in [0.5, 0.6) is 0 Å². The molecule has 2 rings (SSSR count). The summed E-state index contributed by atoms with van der Waals surface area (Å²) in [7, 11) is -2.31. The van der Waals surface area contributed by atoms with E-state index in [4.69, 9.17) is 0 Å². The summed E-state index contributed by atoms with van der Waals surface area (Å²) in [6.07, 6.45) is -4.60. The van der Waals surface area contributed by atoms with Crippen LogP contribution in [0.1, 0.15) is 19.4 Å². The molecule has 152 valence electrons. The lowest BCUT2D eigenvalue weighted by molar-refractivity contribution is -0.137. The maximum Gasteiger partial charge on any atom is 0.416 e. The zero-order valence-corrected chi connectivity index (χ0v) is 16.3. The second kappa shape index (κ2) is 8.15. The Hall–Kier alpha value is -1.65. The molecule has 0 bridgehead atoms. The minimum Gasteiger partial charge on any atom is -0.342 e. The number of hydrogen-bond donors (Lipinski definition) is 0. The first-order valence-corrected chi connectivity index (χ1v) is 10.0. The number of alkyl halides is 3. The molecule has 10 heteroatoms. The first kappa shape index (κ1) is 21.6. The maximum absolute atomic E-state index is 12.8. The molecule has 1 aliphatic rings. The van der Waals surface area contributed by atoms with Crippen molar-refractivity contribution in [2.45, 2.75) is 31.0 Å². The van der Waals surface area contributed by atoms with Crippen molar-refractivity contribution in [3.63, 3.8) is 0 Å². The van der Waals surface area contributed by atoms with Crippen molar-refractivity contribution in [1.29, 1.82) is 0 Å². The van der Waals surface area contributed by atoms with Crippen LogP contribution in [0.2, 0.25) is 0 Å². The van der Waals surface area contributed by atoms with Crippen LogP contribution in [0.15, 0.2) is 29.2 Å². The van der Waals surface area contributed by atoms with Gasteiger partial charge in [-0.25, -0.2) is 8.42 Å². The minimum absolute atomic E-state index is 0.0563. The van der Waals surface area contributed by atoms with Crippen molar-refractivity contribution < 1.29 is 26.4 Å². The number of amides is 1. The van der Waals surface area contributed by atoms with Crippen molar-refractivity contribution in [2.24, 2.45) is 0 Å². The molecule has 0 unspecified atom stereocenters. The third kappa shape index (κ3) is 5.20. The van der Waals surface area contributed by atoms with Crippen LogP contribution < -0.4 is 0 Å². The van der Waals surface area contributed by atoms with E-state index in [-0.39, 0.29) is 36.5 Å². The number of piperazine rings is 1. The Kier molecular flexibility index (Phi) is 6.54. The Labute approximate surface area is 157 Å². The fourth-order valence-corrected chi connectivity index (χ4v) is 4.17. The van der Waals surface area contributed by atoms with E-state index < -0.39 is 21.8 Å². The third-order valence-corrected chi connectivity index (χ3v) is 6.55. The summed E-state index contributed by atoms with van der Waals surface area (Å²) in [6.45, 7) is 4.92. The standard InChI is InChI=1S/C17H24F3N3O3S/c1-13(2)21(3)16(24)12-22-7-9-23(10-8-22)27(25,26)15-6-4-5-14(11-15)17(18,19)20/h4-6,11,13H,7-10,12H2,1-3H3. The van der Waals surface area contributed by atoms with Crippen LogP contribution in [0, 0.1) is 0 Å². The lowest BCUT2D eigenvalue weighted by Gasteiger charge is -2.34. The van der Waals surface area contributed by atoms with Crippen molar-refractivity contribution in [3.05, 3.63) is 29.8 Å². The maximum atomic E-state index is 12.8. The predicted octanol–water partition coefficient (Wildman–Crippen LogP) is 1.88. The van der Waals surface area contributed by atoms with Crippen LogP contribution in [-0.4, -0.2) is 74.2 Å². The lowest BCUT2D eigenvalue weighted by Crippen LogP contribution is -2.51. The average molecular weight is 407 g/mol. The summed E-state index contributed by atoms with van der Waals surface area (Å²) in [4.78, 5) is 15.2. The van der Waals surface area contributed by atoms with Crippen LogP contribution in [-0.2, 0) is 21.0 Å². The number of nitrogens with zero attached hydrogens (tertiary/aromatic N) is 3. The second-order valence-electron chi connectivity index (χ2n) is 6.80. The number of sulfonamides is 1. The van der Waals surface area contributed by atoms with Gasteiger partial charge in [0.25, 0.3) is 0 Å². The summed E-state index contributed by atoms with van der Waals surface area (Å²) < 4.78 is 65.0. The molecule has 6 nitrogen and oxygen atoms in total. The van der Waals surface area contributed by atoms with Gasteiger partial charge in [-0.2, -0.15) is 17.5 Å². The molecule has 0 saturated carbocycles. The van der Waals surface area contributed by atoms with Crippen LogP contribution in [0.3, 0.4) is 0 Å². The Morgan fingerprint density at radius 2 is 1.78 bits per heavy atom. The molecule has 1 aromatic rings. The largest absolute Gasteiger partial charge is 0.416 e. The molecular weight excluding hydrogens is 383 g/mol. The SMILES string of the molecule is CC(C)N(C)C(=O)CN1CCN(S(=O)(=O)c2cccc(C(F)(F)F)c2)CC1. The normalized spacial score (nSPS) is 17.3. The summed E-state index contributed by atoms with van der Waals surface area (Å²) in [5.41, 5.74) is -0.996. The molecule has 1 aliphatic heterocycles. The van der Waals surface area contributed by atoms with E-state index in [0.29, 0.717) is 19.2 Å². The predicted molar refractivity (Wildman–Crippen MR) is 94.5 cm³/mol. The molecular formula is C17H24F3N3O3S. The molecule has 1 amide bonds. The van der Waals surface area contributed by atoms with Crippen molar-refractivity contribution >= 4 is 15.9 Å². The number of benzene rings is 1. The van der Waals surface area contributed by atoms with Crippen LogP contribution in [0.25, 0.3) is 0 Å². The summed E-state index contributed by atoms with van der Waals surface area (Å²) >= 11 is 0. The molecule has 0 aromatic heterocycles. The highest BCUT2D eigenvalue weighted by molar-refractivity contribution is 7.89. The van der Waals surface area contributed by atoms with E-state index in [1.165, 1.54) is 0 Å². The van der Waals surface area contributed by atoms with Gasteiger partial charge >= 0.3 is 6.18 Å². The van der Waals surface area contributed by atoms with Crippen LogP contribution >= 0.6 is 0 Å². The van der Waals surface area contributed by atoms with Crippen molar-refractivity contribution in [1.82, 2.24) is 14.1 Å². The molecule has 1 heterocycles. The van der Waals surface area contributed by atoms with Gasteiger partial charge in [0.2, 0.25) is 15.9 Å². The third-order valence-electron chi connectivity index (χ3n) is 4.66. The van der Waals surface area contributed by atoms with Gasteiger partial charge in [-0.05, 0) is 32.0 Å². The smallest absolute Gasteiger partial charge is 0.342 e. The summed E-state index contributed by atoms with van der Waals surface area (Å²) in [5.74, 6) is -0.0563. The topological polar surface area (TPSA) is 60.9 Å². The molecule has 0 radical (unpaired) electrons. The fourth-order valence-electron chi connectivity index (χ4n) is 2.70. The molecule has 0 aliphatic carbocycles. The van der Waals surface area contributed by atoms with Crippen molar-refractivity contribution in [3.8, 4) is 0 Å². The molecule has 0 atom stereocenters.